The van der Waals surface area contributed by atoms with Crippen LogP contribution in [0.25, 0.3) is 0 Å². The molecule has 0 bridgehead atoms. The van der Waals surface area contributed by atoms with Gasteiger partial charge in [0.15, 0.2) is 0 Å². The normalized spacial score (nSPS) is 8.92. The van der Waals surface area contributed by atoms with Crippen molar-refractivity contribution in [2.75, 3.05) is 5.32 Å². The average molecular weight is 173 g/mol. The predicted octanol–water partition coefficient (Wildman–Crippen LogP) is 2.02. The minimum atomic E-state index is -0.0253. The fraction of sp³-hybridized carbons (Fsp3) is 0.182. The number of hydrogen-bond acceptors (Lipinski definition) is 1. The monoisotopic (exact) mass is 173 g/mol. The van der Waals surface area contributed by atoms with Gasteiger partial charge < -0.3 is 5.32 Å². The van der Waals surface area contributed by atoms with Crippen LogP contribution in [0.3, 0.4) is 0 Å². The highest BCUT2D eigenvalue weighted by Gasteiger charge is 2.01. The van der Waals surface area contributed by atoms with Crippen molar-refractivity contribution in [1.29, 1.82) is 0 Å². The smallest absolute Gasteiger partial charge is 0.224 e. The van der Waals surface area contributed by atoms with Crippen molar-refractivity contribution in [1.82, 2.24) is 0 Å². The van der Waals surface area contributed by atoms with Crippen LogP contribution in [0.4, 0.5) is 5.69 Å². The van der Waals surface area contributed by atoms with Crippen molar-refractivity contribution < 1.29 is 4.79 Å². The van der Waals surface area contributed by atoms with Gasteiger partial charge in [0.25, 0.3) is 0 Å². The van der Waals surface area contributed by atoms with Gasteiger partial charge in [-0.15, -0.1) is 6.42 Å². The summed E-state index contributed by atoms with van der Waals surface area (Å²) in [5, 5.41) is 2.73. The largest absolute Gasteiger partial charge is 0.325 e. The first-order valence-corrected chi connectivity index (χ1v) is 4.13. The quantitative estimate of drug-likeness (QED) is 0.681. The van der Waals surface area contributed by atoms with Crippen LogP contribution in [-0.2, 0) is 4.79 Å². The molecule has 0 radical (unpaired) electrons. The van der Waals surface area contributed by atoms with E-state index in [0.717, 1.165) is 0 Å². The third-order valence-corrected chi connectivity index (χ3v) is 1.68. The van der Waals surface area contributed by atoms with Crippen LogP contribution >= 0.6 is 0 Å². The third kappa shape index (κ3) is 2.34. The summed E-state index contributed by atoms with van der Waals surface area (Å²) in [5.41, 5.74) is 1.42. The molecule has 0 aliphatic carbocycles. The minimum absolute atomic E-state index is 0.0253. The molecule has 1 aromatic carbocycles. The van der Waals surface area contributed by atoms with E-state index in [1.807, 2.05) is 12.1 Å². The van der Waals surface area contributed by atoms with E-state index >= 15 is 0 Å². The first-order valence-electron chi connectivity index (χ1n) is 4.13. The first kappa shape index (κ1) is 9.34. The molecule has 0 unspecified atom stereocenters. The number of benzene rings is 1. The Morgan fingerprint density at radius 2 is 2.23 bits per heavy atom. The van der Waals surface area contributed by atoms with Gasteiger partial charge in [-0.3, -0.25) is 4.79 Å². The van der Waals surface area contributed by atoms with Gasteiger partial charge in [0, 0.05) is 12.0 Å². The lowest BCUT2D eigenvalue weighted by Gasteiger charge is -2.04. The predicted molar refractivity (Wildman–Crippen MR) is 53.3 cm³/mol. The van der Waals surface area contributed by atoms with Crippen LogP contribution in [-0.4, -0.2) is 5.91 Å². The molecule has 66 valence electrons. The SMILES string of the molecule is C#Cc1ccccc1NC(=O)CC. The highest BCUT2D eigenvalue weighted by Crippen LogP contribution is 2.13. The summed E-state index contributed by atoms with van der Waals surface area (Å²) in [6.07, 6.45) is 5.72. The Labute approximate surface area is 78.0 Å². The van der Waals surface area contributed by atoms with Gasteiger partial charge in [0.05, 0.1) is 5.69 Å². The fourth-order valence-corrected chi connectivity index (χ4v) is 0.957. The van der Waals surface area contributed by atoms with Crippen molar-refractivity contribution >= 4 is 11.6 Å². The van der Waals surface area contributed by atoms with Crippen LogP contribution < -0.4 is 5.32 Å². The Morgan fingerprint density at radius 1 is 1.54 bits per heavy atom. The van der Waals surface area contributed by atoms with E-state index in [2.05, 4.69) is 11.2 Å². The molecule has 0 aliphatic heterocycles. The second kappa shape index (κ2) is 4.32. The Bertz CT molecular complexity index is 349. The van der Waals surface area contributed by atoms with Crippen LogP contribution in [0.1, 0.15) is 18.9 Å². The molecule has 2 nitrogen and oxygen atoms in total. The van der Waals surface area contributed by atoms with E-state index < -0.39 is 0 Å². The van der Waals surface area contributed by atoms with Crippen molar-refractivity contribution in [2.24, 2.45) is 0 Å². The number of carbonyl (C=O) groups excluding carboxylic acids is 1. The molecule has 1 amide bonds. The highest BCUT2D eigenvalue weighted by molar-refractivity contribution is 5.91. The number of hydrogen-bond donors (Lipinski definition) is 1. The number of rotatable bonds is 2. The minimum Gasteiger partial charge on any atom is -0.325 e. The summed E-state index contributed by atoms with van der Waals surface area (Å²) >= 11 is 0. The number of carbonyl (C=O) groups is 1. The summed E-state index contributed by atoms with van der Waals surface area (Å²) in [6.45, 7) is 1.80. The molecular formula is C11H11NO. The lowest BCUT2D eigenvalue weighted by molar-refractivity contribution is -0.115. The van der Waals surface area contributed by atoms with E-state index in [4.69, 9.17) is 6.42 Å². The number of amides is 1. The number of para-hydroxylation sites is 1. The zero-order valence-corrected chi connectivity index (χ0v) is 7.50. The molecule has 1 rings (SSSR count). The van der Waals surface area contributed by atoms with Crippen molar-refractivity contribution in [3.05, 3.63) is 29.8 Å². The Hall–Kier alpha value is -1.75. The van der Waals surface area contributed by atoms with Crippen LogP contribution in [0.5, 0.6) is 0 Å². The topological polar surface area (TPSA) is 29.1 Å². The van der Waals surface area contributed by atoms with E-state index in [1.165, 1.54) is 0 Å². The standard InChI is InChI=1S/C11H11NO/c1-3-9-7-5-6-8-10(9)12-11(13)4-2/h1,5-8H,4H2,2H3,(H,12,13). The van der Waals surface area contributed by atoms with Gasteiger partial charge >= 0.3 is 0 Å². The average Bonchev–Trinajstić information content (AvgIpc) is 2.18. The summed E-state index contributed by atoms with van der Waals surface area (Å²) < 4.78 is 0. The maximum absolute atomic E-state index is 11.1. The molecule has 1 N–H and O–H groups in total. The Morgan fingerprint density at radius 3 is 2.85 bits per heavy atom. The molecule has 1 aromatic rings. The van der Waals surface area contributed by atoms with Crippen molar-refractivity contribution in [2.45, 2.75) is 13.3 Å². The van der Waals surface area contributed by atoms with E-state index in [-0.39, 0.29) is 5.91 Å². The van der Waals surface area contributed by atoms with Gasteiger partial charge in [0.1, 0.15) is 0 Å². The molecule has 0 saturated heterocycles. The molecule has 0 heterocycles. The van der Waals surface area contributed by atoms with E-state index in [1.54, 1.807) is 19.1 Å². The molecule has 13 heavy (non-hydrogen) atoms. The van der Waals surface area contributed by atoms with E-state index in [0.29, 0.717) is 17.7 Å². The zero-order chi connectivity index (χ0) is 9.68. The number of nitrogens with one attached hydrogen (secondary N) is 1. The molecule has 0 fully saturated rings. The van der Waals surface area contributed by atoms with Crippen molar-refractivity contribution in [3.8, 4) is 12.3 Å². The Balaban J connectivity index is 2.89. The van der Waals surface area contributed by atoms with Gasteiger partial charge in [-0.05, 0) is 12.1 Å². The second-order valence-electron chi connectivity index (χ2n) is 2.59. The maximum atomic E-state index is 11.1. The summed E-state index contributed by atoms with van der Waals surface area (Å²) in [7, 11) is 0. The zero-order valence-electron chi connectivity index (χ0n) is 7.50. The van der Waals surface area contributed by atoms with Crippen LogP contribution in [0.2, 0.25) is 0 Å². The lowest BCUT2D eigenvalue weighted by atomic mass is 10.2. The van der Waals surface area contributed by atoms with Crippen LogP contribution in [0.15, 0.2) is 24.3 Å². The molecule has 2 heteroatoms. The third-order valence-electron chi connectivity index (χ3n) is 1.68. The van der Waals surface area contributed by atoms with Gasteiger partial charge in [-0.1, -0.05) is 25.0 Å². The van der Waals surface area contributed by atoms with E-state index in [9.17, 15) is 4.79 Å². The lowest BCUT2D eigenvalue weighted by Crippen LogP contribution is -2.10. The molecule has 0 atom stereocenters. The highest BCUT2D eigenvalue weighted by atomic mass is 16.1. The second-order valence-corrected chi connectivity index (χ2v) is 2.59. The summed E-state index contributed by atoms with van der Waals surface area (Å²) in [6, 6.07) is 7.27. The molecule has 0 aromatic heterocycles. The van der Waals surface area contributed by atoms with Gasteiger partial charge in [-0.2, -0.15) is 0 Å². The first-order chi connectivity index (χ1) is 6.27. The molecular weight excluding hydrogens is 162 g/mol. The molecule has 0 spiro atoms. The van der Waals surface area contributed by atoms with Gasteiger partial charge in [0.2, 0.25) is 5.91 Å². The maximum Gasteiger partial charge on any atom is 0.224 e. The number of terminal acetylenes is 1. The summed E-state index contributed by atoms with van der Waals surface area (Å²) in [5.74, 6) is 2.49. The summed E-state index contributed by atoms with van der Waals surface area (Å²) in [4.78, 5) is 11.1. The van der Waals surface area contributed by atoms with Crippen molar-refractivity contribution in [3.63, 3.8) is 0 Å². The van der Waals surface area contributed by atoms with Crippen LogP contribution in [0, 0.1) is 12.3 Å². The number of anilines is 1. The molecule has 0 saturated carbocycles. The molecule has 0 aliphatic rings. The Kier molecular flexibility index (Phi) is 3.10. The van der Waals surface area contributed by atoms with Gasteiger partial charge in [-0.25, -0.2) is 0 Å². The fourth-order valence-electron chi connectivity index (χ4n) is 0.957.